The van der Waals surface area contributed by atoms with E-state index in [4.69, 9.17) is 15.1 Å². The molecule has 2 aromatic heterocycles. The van der Waals surface area contributed by atoms with Crippen LogP contribution in [0.1, 0.15) is 62.0 Å². The van der Waals surface area contributed by atoms with Gasteiger partial charge < -0.3 is 10.2 Å². The van der Waals surface area contributed by atoms with Crippen LogP contribution in [0.3, 0.4) is 0 Å². The fraction of sp³-hybridized carbons (Fsp3) is 0.300. The molecule has 1 radical (unpaired) electrons. The summed E-state index contributed by atoms with van der Waals surface area (Å²) in [4.78, 5) is 16.7. The van der Waals surface area contributed by atoms with Gasteiger partial charge in [0, 0.05) is 16.6 Å². The second-order valence-corrected chi connectivity index (χ2v) is 10.6. The Morgan fingerprint density at radius 2 is 1.71 bits per heavy atom. The first-order valence-electron chi connectivity index (χ1n) is 11.8. The SMILES string of the molecule is Cc1ccc(-c2c([CH]C(C)(C)C)c(CC(C)C)nc3ccc(-c4ccc(C(N)=O)o4)cc23)cc1. The van der Waals surface area contributed by atoms with E-state index in [0.717, 1.165) is 34.1 Å². The Hall–Kier alpha value is -3.40. The molecule has 2 heterocycles. The highest BCUT2D eigenvalue weighted by molar-refractivity contribution is 5.99. The second-order valence-electron chi connectivity index (χ2n) is 10.6. The maximum atomic E-state index is 11.5. The number of aryl methyl sites for hydroxylation is 1. The predicted octanol–water partition coefficient (Wildman–Crippen LogP) is 7.37. The summed E-state index contributed by atoms with van der Waals surface area (Å²) in [5.41, 5.74) is 13.1. The Labute approximate surface area is 202 Å². The molecule has 4 heteroatoms. The van der Waals surface area contributed by atoms with Gasteiger partial charge in [0.25, 0.3) is 5.91 Å². The zero-order chi connectivity index (χ0) is 24.6. The Bertz CT molecular complexity index is 1340. The molecular weight excluding hydrogens is 420 g/mol. The van der Waals surface area contributed by atoms with Crippen LogP contribution >= 0.6 is 0 Å². The minimum absolute atomic E-state index is 0.0183. The van der Waals surface area contributed by atoms with Gasteiger partial charge in [-0.25, -0.2) is 0 Å². The van der Waals surface area contributed by atoms with Crippen molar-refractivity contribution in [1.82, 2.24) is 4.98 Å². The number of primary amides is 1. The highest BCUT2D eigenvalue weighted by atomic mass is 16.3. The Balaban J connectivity index is 2.03. The molecule has 0 aliphatic heterocycles. The molecule has 0 aliphatic carbocycles. The number of aromatic nitrogens is 1. The number of rotatable bonds is 6. The van der Waals surface area contributed by atoms with E-state index >= 15 is 0 Å². The Morgan fingerprint density at radius 3 is 2.29 bits per heavy atom. The van der Waals surface area contributed by atoms with Gasteiger partial charge in [0.15, 0.2) is 5.76 Å². The number of pyridine rings is 1. The molecule has 4 aromatic rings. The minimum atomic E-state index is -0.575. The molecule has 4 rings (SSSR count). The molecule has 0 atom stereocenters. The van der Waals surface area contributed by atoms with Crippen molar-refractivity contribution in [3.05, 3.63) is 83.6 Å². The van der Waals surface area contributed by atoms with Crippen LogP contribution in [0.4, 0.5) is 0 Å². The van der Waals surface area contributed by atoms with Crippen LogP contribution in [0, 0.1) is 24.7 Å². The van der Waals surface area contributed by atoms with Crippen LogP contribution in [0.2, 0.25) is 0 Å². The number of nitrogens with two attached hydrogens (primary N) is 1. The fourth-order valence-electron chi connectivity index (χ4n) is 4.27. The van der Waals surface area contributed by atoms with E-state index in [-0.39, 0.29) is 11.2 Å². The van der Waals surface area contributed by atoms with Crippen LogP contribution in [-0.4, -0.2) is 10.9 Å². The van der Waals surface area contributed by atoms with Crippen LogP contribution in [0.5, 0.6) is 0 Å². The lowest BCUT2D eigenvalue weighted by molar-refractivity contribution is 0.0974. The number of furan rings is 1. The van der Waals surface area contributed by atoms with Crippen molar-refractivity contribution in [3.8, 4) is 22.5 Å². The van der Waals surface area contributed by atoms with Crippen molar-refractivity contribution in [2.45, 2.75) is 48.0 Å². The molecule has 0 bridgehead atoms. The highest BCUT2D eigenvalue weighted by Crippen LogP contribution is 2.40. The van der Waals surface area contributed by atoms with Crippen LogP contribution in [-0.2, 0) is 6.42 Å². The zero-order valence-corrected chi connectivity index (χ0v) is 20.9. The fourth-order valence-corrected chi connectivity index (χ4v) is 4.27. The number of amides is 1. The third kappa shape index (κ3) is 5.06. The number of hydrogen-bond donors (Lipinski definition) is 1. The molecule has 4 nitrogen and oxygen atoms in total. The van der Waals surface area contributed by atoms with Crippen LogP contribution in [0.25, 0.3) is 33.4 Å². The smallest absolute Gasteiger partial charge is 0.284 e. The molecule has 2 aromatic carbocycles. The van der Waals surface area contributed by atoms with Crippen molar-refractivity contribution < 1.29 is 9.21 Å². The lowest BCUT2D eigenvalue weighted by Gasteiger charge is -2.25. The molecule has 0 spiro atoms. The summed E-state index contributed by atoms with van der Waals surface area (Å²) in [6.45, 7) is 13.2. The summed E-state index contributed by atoms with van der Waals surface area (Å²) in [7, 11) is 0. The molecule has 0 saturated heterocycles. The number of hydrogen-bond acceptors (Lipinski definition) is 3. The van der Waals surface area contributed by atoms with Crippen molar-refractivity contribution in [3.63, 3.8) is 0 Å². The zero-order valence-electron chi connectivity index (χ0n) is 20.9. The maximum absolute atomic E-state index is 11.5. The summed E-state index contributed by atoms with van der Waals surface area (Å²) < 4.78 is 5.73. The van der Waals surface area contributed by atoms with Crippen molar-refractivity contribution in [2.75, 3.05) is 0 Å². The van der Waals surface area contributed by atoms with E-state index in [1.807, 2.05) is 12.1 Å². The molecule has 175 valence electrons. The van der Waals surface area contributed by atoms with Gasteiger partial charge in [-0.05, 0) is 78.1 Å². The minimum Gasteiger partial charge on any atom is -0.451 e. The molecule has 2 N–H and O–H groups in total. The topological polar surface area (TPSA) is 69.1 Å². The molecule has 1 amide bonds. The van der Waals surface area contributed by atoms with Gasteiger partial charge in [0.1, 0.15) is 5.76 Å². The van der Waals surface area contributed by atoms with E-state index in [1.54, 1.807) is 12.1 Å². The van der Waals surface area contributed by atoms with Gasteiger partial charge in [-0.3, -0.25) is 9.78 Å². The van der Waals surface area contributed by atoms with Gasteiger partial charge in [0.2, 0.25) is 0 Å². The quantitative estimate of drug-likeness (QED) is 0.331. The molecule has 0 aliphatic rings. The molecule has 0 fully saturated rings. The Morgan fingerprint density at radius 1 is 1.03 bits per heavy atom. The lowest BCUT2D eigenvalue weighted by atomic mass is 9.81. The first-order chi connectivity index (χ1) is 16.0. The van der Waals surface area contributed by atoms with Crippen LogP contribution < -0.4 is 5.73 Å². The average molecular weight is 454 g/mol. The third-order valence-corrected chi connectivity index (χ3v) is 5.75. The Kier molecular flexibility index (Phi) is 6.35. The largest absolute Gasteiger partial charge is 0.451 e. The number of benzene rings is 2. The first kappa shape index (κ1) is 23.7. The number of carbonyl (C=O) groups is 1. The third-order valence-electron chi connectivity index (χ3n) is 5.75. The van der Waals surface area contributed by atoms with E-state index < -0.39 is 5.91 Å². The predicted molar refractivity (Wildman–Crippen MR) is 140 cm³/mol. The van der Waals surface area contributed by atoms with Gasteiger partial charge in [0.05, 0.1) is 5.52 Å². The van der Waals surface area contributed by atoms with Gasteiger partial charge in [-0.2, -0.15) is 0 Å². The van der Waals surface area contributed by atoms with E-state index in [2.05, 4.69) is 78.3 Å². The summed E-state index contributed by atoms with van der Waals surface area (Å²) in [5.74, 6) is 0.672. The van der Waals surface area contributed by atoms with Gasteiger partial charge in [-0.15, -0.1) is 0 Å². The normalized spacial score (nSPS) is 12.0. The van der Waals surface area contributed by atoms with E-state index in [0.29, 0.717) is 11.7 Å². The van der Waals surface area contributed by atoms with E-state index in [9.17, 15) is 4.79 Å². The van der Waals surface area contributed by atoms with Crippen molar-refractivity contribution in [2.24, 2.45) is 17.1 Å². The number of fused-ring (bicyclic) bond motifs is 1. The summed E-state index contributed by atoms with van der Waals surface area (Å²) in [5, 5.41) is 1.06. The number of carbonyl (C=O) groups excluding carboxylic acids is 1. The molecule has 0 unspecified atom stereocenters. The van der Waals surface area contributed by atoms with Gasteiger partial charge >= 0.3 is 0 Å². The first-order valence-corrected chi connectivity index (χ1v) is 11.8. The molecule has 34 heavy (non-hydrogen) atoms. The van der Waals surface area contributed by atoms with Crippen LogP contribution in [0.15, 0.2) is 59.0 Å². The number of nitrogens with zero attached hydrogens (tertiary/aromatic N) is 1. The summed E-state index contributed by atoms with van der Waals surface area (Å²) >= 11 is 0. The second kappa shape index (κ2) is 9.09. The average Bonchev–Trinajstić information content (AvgIpc) is 3.24. The van der Waals surface area contributed by atoms with Crippen molar-refractivity contribution in [1.29, 1.82) is 0 Å². The van der Waals surface area contributed by atoms with E-state index in [1.165, 1.54) is 16.7 Å². The molecule has 0 saturated carbocycles. The summed E-state index contributed by atoms with van der Waals surface area (Å²) in [6, 6.07) is 18.2. The van der Waals surface area contributed by atoms with Gasteiger partial charge in [-0.1, -0.05) is 64.4 Å². The summed E-state index contributed by atoms with van der Waals surface area (Å²) in [6.07, 6.45) is 3.25. The lowest BCUT2D eigenvalue weighted by Crippen LogP contribution is -2.13. The molecular formula is C30H33N2O2. The standard InChI is InChI=1S/C30H33N2O2/c1-18(2)15-25-23(17-30(4,5)6)28(20-9-7-19(3)8-10-20)22-16-21(11-12-24(22)32-25)26-13-14-27(34-26)29(31)33/h7-14,16-18H,15H2,1-6H3,(H2,31,33). The highest BCUT2D eigenvalue weighted by Gasteiger charge is 2.23. The monoisotopic (exact) mass is 453 g/mol. The maximum Gasteiger partial charge on any atom is 0.284 e. The van der Waals surface area contributed by atoms with Crippen molar-refractivity contribution >= 4 is 16.8 Å².